The van der Waals surface area contributed by atoms with E-state index in [0.29, 0.717) is 6.54 Å². The minimum Gasteiger partial charge on any atom is -0.469 e. The molecule has 0 unspecified atom stereocenters. The molecule has 0 saturated carbocycles. The van der Waals surface area contributed by atoms with Gasteiger partial charge in [-0.3, -0.25) is 9.59 Å². The maximum absolute atomic E-state index is 12.2. The molecule has 33 heavy (non-hydrogen) atoms. The zero-order chi connectivity index (χ0) is 25.4. The summed E-state index contributed by atoms with van der Waals surface area (Å²) in [6.45, 7) is 20.2. The van der Waals surface area contributed by atoms with Crippen LogP contribution in [0.4, 0.5) is 0 Å². The maximum atomic E-state index is 12.2. The SMILES string of the molecule is COC(=O)Cc1c(C)c(CNCC(=O)OC(C)(C)C)c(C)c(B2OC(C)(C)C(C)(C)O2)c1C. The Morgan fingerprint density at radius 1 is 0.909 bits per heavy atom. The highest BCUT2D eigenvalue weighted by atomic mass is 16.7. The van der Waals surface area contributed by atoms with Crippen molar-refractivity contribution < 1.29 is 28.4 Å². The fourth-order valence-electron chi connectivity index (χ4n) is 4.08. The number of hydrogen-bond acceptors (Lipinski definition) is 7. The first kappa shape index (κ1) is 27.4. The average Bonchev–Trinajstić information content (AvgIpc) is 2.86. The van der Waals surface area contributed by atoms with Gasteiger partial charge in [-0.1, -0.05) is 0 Å². The summed E-state index contributed by atoms with van der Waals surface area (Å²) in [7, 11) is 0.830. The molecule has 1 N–H and O–H groups in total. The summed E-state index contributed by atoms with van der Waals surface area (Å²) in [6.07, 6.45) is 0.153. The lowest BCUT2D eigenvalue weighted by atomic mass is 9.69. The van der Waals surface area contributed by atoms with Gasteiger partial charge >= 0.3 is 19.1 Å². The number of methoxy groups -OCH3 is 1. The molecule has 0 spiro atoms. The third-order valence-electron chi connectivity index (χ3n) is 6.65. The minimum atomic E-state index is -0.559. The molecule has 1 aliphatic rings. The van der Waals surface area contributed by atoms with E-state index in [9.17, 15) is 9.59 Å². The highest BCUT2D eigenvalue weighted by Gasteiger charge is 2.52. The lowest BCUT2D eigenvalue weighted by Gasteiger charge is -2.32. The zero-order valence-electron chi connectivity index (χ0n) is 22.1. The van der Waals surface area contributed by atoms with Crippen LogP contribution in [0.2, 0.25) is 0 Å². The fourth-order valence-corrected chi connectivity index (χ4v) is 4.08. The Labute approximate surface area is 199 Å². The molecule has 1 fully saturated rings. The second-order valence-corrected chi connectivity index (χ2v) is 10.8. The van der Waals surface area contributed by atoms with Crippen molar-refractivity contribution in [3.8, 4) is 0 Å². The first-order valence-electron chi connectivity index (χ1n) is 11.5. The zero-order valence-corrected chi connectivity index (χ0v) is 22.1. The van der Waals surface area contributed by atoms with E-state index in [0.717, 1.165) is 33.3 Å². The van der Waals surface area contributed by atoms with Gasteiger partial charge in [0.25, 0.3) is 0 Å². The Kier molecular flexibility index (Phi) is 8.09. The van der Waals surface area contributed by atoms with Crippen LogP contribution >= 0.6 is 0 Å². The summed E-state index contributed by atoms with van der Waals surface area (Å²) in [5.74, 6) is -0.622. The summed E-state index contributed by atoms with van der Waals surface area (Å²) in [5.41, 5.74) is 4.29. The molecule has 0 bridgehead atoms. The third kappa shape index (κ3) is 6.17. The Morgan fingerprint density at radius 2 is 1.42 bits per heavy atom. The molecule has 8 heteroatoms. The number of nitrogens with one attached hydrogen (secondary N) is 1. The summed E-state index contributed by atoms with van der Waals surface area (Å²) in [5, 5.41) is 3.20. The predicted molar refractivity (Wildman–Crippen MR) is 130 cm³/mol. The number of carbonyl (C=O) groups excluding carboxylic acids is 2. The van der Waals surface area contributed by atoms with Crippen molar-refractivity contribution in [2.24, 2.45) is 0 Å². The molecule has 184 valence electrons. The molecule has 0 aliphatic carbocycles. The van der Waals surface area contributed by atoms with Crippen molar-refractivity contribution >= 4 is 24.5 Å². The number of benzene rings is 1. The van der Waals surface area contributed by atoms with Crippen LogP contribution in [-0.4, -0.2) is 49.5 Å². The molecule has 0 amide bonds. The van der Waals surface area contributed by atoms with Crippen LogP contribution in [0.5, 0.6) is 0 Å². The van der Waals surface area contributed by atoms with Crippen molar-refractivity contribution in [2.45, 2.75) is 99.0 Å². The van der Waals surface area contributed by atoms with Crippen molar-refractivity contribution in [3.05, 3.63) is 27.8 Å². The van der Waals surface area contributed by atoms with E-state index >= 15 is 0 Å². The summed E-state index contributed by atoms with van der Waals surface area (Å²) in [6, 6.07) is 0. The molecule has 0 aromatic heterocycles. The van der Waals surface area contributed by atoms with E-state index in [1.807, 2.05) is 69.2 Å². The lowest BCUT2D eigenvalue weighted by molar-refractivity contribution is -0.153. The van der Waals surface area contributed by atoms with E-state index in [-0.39, 0.29) is 24.9 Å². The minimum absolute atomic E-state index is 0.0855. The molecule has 7 nitrogen and oxygen atoms in total. The molecule has 2 rings (SSSR count). The highest BCUT2D eigenvalue weighted by molar-refractivity contribution is 6.63. The molecular weight excluding hydrogens is 421 g/mol. The van der Waals surface area contributed by atoms with Gasteiger partial charge in [-0.05, 0) is 103 Å². The molecular formula is C25H40BNO6. The number of esters is 2. The summed E-state index contributed by atoms with van der Waals surface area (Å²) in [4.78, 5) is 24.4. The molecule has 1 saturated heterocycles. The second kappa shape index (κ2) is 9.76. The molecule has 1 aromatic carbocycles. The van der Waals surface area contributed by atoms with Gasteiger partial charge in [-0.25, -0.2) is 0 Å². The molecule has 0 radical (unpaired) electrons. The van der Waals surface area contributed by atoms with Crippen LogP contribution in [0.1, 0.15) is 76.3 Å². The van der Waals surface area contributed by atoms with Gasteiger partial charge in [0.05, 0.1) is 31.3 Å². The smallest absolute Gasteiger partial charge is 0.469 e. The van der Waals surface area contributed by atoms with Gasteiger partial charge in [-0.2, -0.15) is 0 Å². The molecule has 1 heterocycles. The van der Waals surface area contributed by atoms with Crippen LogP contribution in [0, 0.1) is 20.8 Å². The van der Waals surface area contributed by atoms with Crippen LogP contribution in [-0.2, 0) is 41.3 Å². The van der Waals surface area contributed by atoms with Gasteiger partial charge in [0, 0.05) is 6.54 Å². The van der Waals surface area contributed by atoms with E-state index in [2.05, 4.69) is 5.32 Å². The van der Waals surface area contributed by atoms with Gasteiger partial charge in [0.2, 0.25) is 0 Å². The van der Waals surface area contributed by atoms with Crippen LogP contribution < -0.4 is 10.8 Å². The first-order chi connectivity index (χ1) is 15.0. The highest BCUT2D eigenvalue weighted by Crippen LogP contribution is 2.37. The average molecular weight is 461 g/mol. The van der Waals surface area contributed by atoms with Crippen molar-refractivity contribution in [1.82, 2.24) is 5.32 Å². The Balaban J connectivity index is 2.45. The molecule has 0 atom stereocenters. The van der Waals surface area contributed by atoms with E-state index in [1.165, 1.54) is 7.11 Å². The van der Waals surface area contributed by atoms with Crippen molar-refractivity contribution in [1.29, 1.82) is 0 Å². The summed E-state index contributed by atoms with van der Waals surface area (Å²) >= 11 is 0. The Hall–Kier alpha value is -1.90. The Morgan fingerprint density at radius 3 is 1.91 bits per heavy atom. The van der Waals surface area contributed by atoms with E-state index < -0.39 is 23.9 Å². The predicted octanol–water partition coefficient (Wildman–Crippen LogP) is 3.06. The largest absolute Gasteiger partial charge is 0.495 e. The Bertz CT molecular complexity index is 901. The van der Waals surface area contributed by atoms with Gasteiger partial charge < -0.3 is 24.1 Å². The van der Waals surface area contributed by atoms with E-state index in [4.69, 9.17) is 18.8 Å². The third-order valence-corrected chi connectivity index (χ3v) is 6.65. The van der Waals surface area contributed by atoms with Crippen LogP contribution in [0.3, 0.4) is 0 Å². The monoisotopic (exact) mass is 461 g/mol. The topological polar surface area (TPSA) is 83.1 Å². The van der Waals surface area contributed by atoms with Gasteiger partial charge in [0.15, 0.2) is 0 Å². The normalized spacial score (nSPS) is 17.2. The molecule has 1 aliphatic heterocycles. The molecule has 1 aromatic rings. The summed E-state index contributed by atoms with van der Waals surface area (Å²) < 4.78 is 23.1. The first-order valence-corrected chi connectivity index (χ1v) is 11.5. The number of ether oxygens (including phenoxy) is 2. The number of rotatable bonds is 7. The lowest BCUT2D eigenvalue weighted by Crippen LogP contribution is -2.41. The standard InChI is InChI=1S/C25H40BNO6/c1-15-18(12-20(28)30-11)16(2)22(26-32-24(7,8)25(9,10)33-26)17(3)19(15)13-27-14-21(29)31-23(4,5)6/h27H,12-14H2,1-11H3. The second-order valence-electron chi connectivity index (χ2n) is 10.8. The number of hydrogen-bond donors (Lipinski definition) is 1. The van der Waals surface area contributed by atoms with Crippen molar-refractivity contribution in [3.63, 3.8) is 0 Å². The van der Waals surface area contributed by atoms with Crippen molar-refractivity contribution in [2.75, 3.05) is 13.7 Å². The van der Waals surface area contributed by atoms with Crippen LogP contribution in [0.15, 0.2) is 0 Å². The van der Waals surface area contributed by atoms with Gasteiger partial charge in [-0.15, -0.1) is 0 Å². The van der Waals surface area contributed by atoms with Crippen LogP contribution in [0.25, 0.3) is 0 Å². The maximum Gasteiger partial charge on any atom is 0.495 e. The fraction of sp³-hybridized carbons (Fsp3) is 0.680. The number of carbonyl (C=O) groups is 2. The van der Waals surface area contributed by atoms with Gasteiger partial charge in [0.1, 0.15) is 5.60 Å². The quantitative estimate of drug-likeness (QED) is 0.494. The van der Waals surface area contributed by atoms with E-state index in [1.54, 1.807) is 0 Å².